The summed E-state index contributed by atoms with van der Waals surface area (Å²) in [5.74, 6) is -0.342. The lowest BCUT2D eigenvalue weighted by atomic mass is 10.1. The number of nitrogens with two attached hydrogens (primary N) is 1. The number of carboxylic acids is 1. The summed E-state index contributed by atoms with van der Waals surface area (Å²) in [5.41, 5.74) is 8.29. The fourth-order valence-corrected chi connectivity index (χ4v) is 2.67. The van der Waals surface area contributed by atoms with E-state index in [-0.39, 0.29) is 0 Å². The molecule has 94 valence electrons. The van der Waals surface area contributed by atoms with Crippen LogP contribution in [0, 0.1) is 6.92 Å². The maximum Gasteiger partial charge on any atom is 0.345 e. The number of anilines is 1. The average Bonchev–Trinajstić information content (AvgIpc) is 2.77. The molecule has 0 fully saturated rings. The number of nitrogen functional groups attached to an aromatic ring is 1. The topological polar surface area (TPSA) is 72.5 Å². The zero-order chi connectivity index (χ0) is 13.3. The first-order valence-electron chi connectivity index (χ1n) is 5.30. The highest BCUT2D eigenvalue weighted by atomic mass is 32.1. The van der Waals surface area contributed by atoms with Crippen LogP contribution in [-0.2, 0) is 0 Å². The van der Waals surface area contributed by atoms with E-state index in [1.54, 1.807) is 19.2 Å². The molecule has 4 nitrogen and oxygen atoms in total. The number of thiophene rings is 1. The average molecular weight is 263 g/mol. The summed E-state index contributed by atoms with van der Waals surface area (Å²) in [6.07, 6.45) is 0. The van der Waals surface area contributed by atoms with Crippen molar-refractivity contribution < 1.29 is 14.6 Å². The van der Waals surface area contributed by atoms with E-state index in [4.69, 9.17) is 15.6 Å². The second kappa shape index (κ2) is 4.70. The van der Waals surface area contributed by atoms with E-state index in [9.17, 15) is 4.79 Å². The van der Waals surface area contributed by atoms with Gasteiger partial charge in [0.1, 0.15) is 10.6 Å². The minimum absolute atomic E-state index is 0.298. The van der Waals surface area contributed by atoms with E-state index >= 15 is 0 Å². The lowest BCUT2D eigenvalue weighted by Gasteiger charge is -2.11. The third kappa shape index (κ3) is 2.17. The Morgan fingerprint density at radius 1 is 1.39 bits per heavy atom. The number of aromatic carboxylic acids is 1. The summed E-state index contributed by atoms with van der Waals surface area (Å²) in [6.45, 7) is 1.94. The minimum Gasteiger partial charge on any atom is -0.494 e. The lowest BCUT2D eigenvalue weighted by Crippen LogP contribution is -1.95. The van der Waals surface area contributed by atoms with E-state index in [0.29, 0.717) is 16.3 Å². The van der Waals surface area contributed by atoms with Gasteiger partial charge in [-0.1, -0.05) is 0 Å². The number of rotatable bonds is 3. The zero-order valence-electron chi connectivity index (χ0n) is 10.1. The molecule has 0 saturated carbocycles. The smallest absolute Gasteiger partial charge is 0.345 e. The number of benzene rings is 1. The summed E-state index contributed by atoms with van der Waals surface area (Å²) < 4.78 is 5.29. The second-order valence-corrected chi connectivity index (χ2v) is 4.99. The normalized spacial score (nSPS) is 10.3. The molecule has 5 heteroatoms. The van der Waals surface area contributed by atoms with Crippen LogP contribution in [-0.4, -0.2) is 18.2 Å². The number of ether oxygens (including phenoxy) is 1. The van der Waals surface area contributed by atoms with Gasteiger partial charge in [0.2, 0.25) is 0 Å². The van der Waals surface area contributed by atoms with Gasteiger partial charge in [0, 0.05) is 10.4 Å². The molecular weight excluding hydrogens is 250 g/mol. The van der Waals surface area contributed by atoms with Crippen molar-refractivity contribution in [1.82, 2.24) is 0 Å². The molecule has 0 unspecified atom stereocenters. The lowest BCUT2D eigenvalue weighted by molar-refractivity contribution is 0.0702. The fraction of sp³-hybridized carbons (Fsp3) is 0.154. The first kappa shape index (κ1) is 12.4. The van der Waals surface area contributed by atoms with E-state index in [1.807, 2.05) is 19.1 Å². The molecule has 2 aromatic rings. The minimum atomic E-state index is -0.925. The Balaban J connectivity index is 2.58. The van der Waals surface area contributed by atoms with Crippen molar-refractivity contribution in [3.8, 4) is 16.2 Å². The second-order valence-electron chi connectivity index (χ2n) is 3.90. The third-order valence-corrected chi connectivity index (χ3v) is 3.65. The Morgan fingerprint density at radius 2 is 2.11 bits per heavy atom. The van der Waals surface area contributed by atoms with Gasteiger partial charge in [-0.25, -0.2) is 4.79 Å². The van der Waals surface area contributed by atoms with Gasteiger partial charge in [-0.2, -0.15) is 0 Å². The van der Waals surface area contributed by atoms with E-state index in [2.05, 4.69) is 0 Å². The number of carboxylic acid groups (broad SMARTS) is 1. The molecule has 0 saturated heterocycles. The van der Waals surface area contributed by atoms with Crippen molar-refractivity contribution in [2.75, 3.05) is 12.8 Å². The molecule has 0 aliphatic heterocycles. The van der Waals surface area contributed by atoms with Crippen molar-refractivity contribution in [3.05, 3.63) is 34.7 Å². The highest BCUT2D eigenvalue weighted by Gasteiger charge is 2.14. The number of methoxy groups -OCH3 is 1. The number of hydrogen-bond donors (Lipinski definition) is 2. The van der Waals surface area contributed by atoms with Gasteiger partial charge in [0.25, 0.3) is 0 Å². The number of carbonyl (C=O) groups is 1. The van der Waals surface area contributed by atoms with Crippen molar-refractivity contribution >= 4 is 23.0 Å². The van der Waals surface area contributed by atoms with E-state index in [1.165, 1.54) is 11.3 Å². The molecule has 0 bridgehead atoms. The molecule has 3 N–H and O–H groups in total. The van der Waals surface area contributed by atoms with Crippen molar-refractivity contribution in [3.63, 3.8) is 0 Å². The van der Waals surface area contributed by atoms with Crippen molar-refractivity contribution in [1.29, 1.82) is 0 Å². The van der Waals surface area contributed by atoms with Crippen molar-refractivity contribution in [2.45, 2.75) is 6.92 Å². The van der Waals surface area contributed by atoms with Crippen LogP contribution >= 0.6 is 11.3 Å². The van der Waals surface area contributed by atoms with Gasteiger partial charge < -0.3 is 15.6 Å². The monoisotopic (exact) mass is 263 g/mol. The van der Waals surface area contributed by atoms with Crippen LogP contribution in [0.25, 0.3) is 10.4 Å². The Bertz CT molecular complexity index is 604. The third-order valence-electron chi connectivity index (χ3n) is 2.55. The molecular formula is C13H13NO3S. The maximum atomic E-state index is 10.9. The predicted octanol–water partition coefficient (Wildman–Crippen LogP) is 3.01. The largest absolute Gasteiger partial charge is 0.494 e. The summed E-state index contributed by atoms with van der Waals surface area (Å²) in [6, 6.07) is 7.12. The molecule has 1 heterocycles. The molecule has 0 spiro atoms. The molecule has 0 aliphatic carbocycles. The molecule has 0 amide bonds. The Labute approximate surface area is 109 Å². The molecule has 0 atom stereocenters. The van der Waals surface area contributed by atoms with Gasteiger partial charge in [-0.3, -0.25) is 0 Å². The SMILES string of the molecule is COc1c(N)cc(C)cc1-c1ccc(C(=O)O)s1. The van der Waals surface area contributed by atoms with Crippen LogP contribution < -0.4 is 10.5 Å². The van der Waals surface area contributed by atoms with Crippen LogP contribution in [0.5, 0.6) is 5.75 Å². The van der Waals surface area contributed by atoms with Gasteiger partial charge in [0.15, 0.2) is 0 Å². The zero-order valence-corrected chi connectivity index (χ0v) is 10.9. The highest BCUT2D eigenvalue weighted by molar-refractivity contribution is 7.17. The van der Waals surface area contributed by atoms with Crippen LogP contribution in [0.4, 0.5) is 5.69 Å². The number of hydrogen-bond acceptors (Lipinski definition) is 4. The molecule has 1 aromatic carbocycles. The molecule has 2 rings (SSSR count). The molecule has 0 aliphatic rings. The van der Waals surface area contributed by atoms with Gasteiger partial charge >= 0.3 is 5.97 Å². The molecule has 1 aromatic heterocycles. The highest BCUT2D eigenvalue weighted by Crippen LogP contribution is 2.39. The summed E-state index contributed by atoms with van der Waals surface area (Å²) >= 11 is 1.21. The van der Waals surface area contributed by atoms with Gasteiger partial charge in [-0.15, -0.1) is 11.3 Å². The molecule has 0 radical (unpaired) electrons. The standard InChI is InChI=1S/C13H13NO3S/c1-7-5-8(12(17-2)9(14)6-7)10-3-4-11(18-10)13(15)16/h3-6H,14H2,1-2H3,(H,15,16). The summed E-state index contributed by atoms with van der Waals surface area (Å²) in [4.78, 5) is 12.0. The van der Waals surface area contributed by atoms with Crippen LogP contribution in [0.1, 0.15) is 15.2 Å². The first-order chi connectivity index (χ1) is 8.52. The maximum absolute atomic E-state index is 10.9. The van der Waals surface area contributed by atoms with Gasteiger partial charge in [0.05, 0.1) is 12.8 Å². The summed E-state index contributed by atoms with van der Waals surface area (Å²) in [5, 5.41) is 8.94. The Morgan fingerprint density at radius 3 is 2.67 bits per heavy atom. The van der Waals surface area contributed by atoms with E-state index < -0.39 is 5.97 Å². The Hall–Kier alpha value is -2.01. The predicted molar refractivity (Wildman–Crippen MR) is 72.4 cm³/mol. The van der Waals surface area contributed by atoms with Crippen LogP contribution in [0.3, 0.4) is 0 Å². The van der Waals surface area contributed by atoms with Gasteiger partial charge in [-0.05, 0) is 36.8 Å². The summed E-state index contributed by atoms with van der Waals surface area (Å²) in [7, 11) is 1.55. The van der Waals surface area contributed by atoms with Crippen molar-refractivity contribution in [2.24, 2.45) is 0 Å². The quantitative estimate of drug-likeness (QED) is 0.835. The van der Waals surface area contributed by atoms with Crippen LogP contribution in [0.2, 0.25) is 0 Å². The number of aryl methyl sites for hydroxylation is 1. The Kier molecular flexibility index (Phi) is 3.25. The van der Waals surface area contributed by atoms with E-state index in [0.717, 1.165) is 16.0 Å². The molecule has 18 heavy (non-hydrogen) atoms. The van der Waals surface area contributed by atoms with Crippen LogP contribution in [0.15, 0.2) is 24.3 Å². The first-order valence-corrected chi connectivity index (χ1v) is 6.12. The fourth-order valence-electron chi connectivity index (χ4n) is 1.81.